The van der Waals surface area contributed by atoms with E-state index in [0.29, 0.717) is 17.8 Å². The topological polar surface area (TPSA) is 111 Å². The number of primary amides is 1. The summed E-state index contributed by atoms with van der Waals surface area (Å²) in [5.41, 5.74) is 6.26. The van der Waals surface area contributed by atoms with Gasteiger partial charge in [0.2, 0.25) is 5.91 Å². The fraction of sp³-hybridized carbons (Fsp3) is 0.500. The van der Waals surface area contributed by atoms with Gasteiger partial charge in [-0.2, -0.15) is 0 Å². The maximum absolute atomic E-state index is 10.6. The van der Waals surface area contributed by atoms with Crippen molar-refractivity contribution in [3.63, 3.8) is 0 Å². The van der Waals surface area contributed by atoms with Gasteiger partial charge in [0.05, 0.1) is 17.8 Å². The molecule has 1 aromatic rings. The van der Waals surface area contributed by atoms with Crippen molar-refractivity contribution in [2.24, 2.45) is 5.73 Å². The molecule has 0 aliphatic rings. The third-order valence-electron chi connectivity index (χ3n) is 1.96. The average molecular weight is 212 g/mol. The zero-order chi connectivity index (χ0) is 11.4. The van der Waals surface area contributed by atoms with Crippen LogP contribution in [-0.2, 0) is 22.6 Å². The van der Waals surface area contributed by atoms with Crippen LogP contribution in [0.2, 0.25) is 0 Å². The van der Waals surface area contributed by atoms with Gasteiger partial charge in [0.1, 0.15) is 6.54 Å². The predicted molar refractivity (Wildman–Crippen MR) is 49.9 cm³/mol. The lowest BCUT2D eigenvalue weighted by Crippen LogP contribution is -2.20. The molecular weight excluding hydrogens is 200 g/mol. The number of aromatic nitrogens is 3. The first-order chi connectivity index (χ1) is 7.00. The standard InChI is InChI=1S/C8H12N4O3/c1-5-6(2-3-8(14)15)10-11-12(5)4-7(9)13/h2-4H2,1H3,(H2,9,13)(H,14,15). The highest BCUT2D eigenvalue weighted by Gasteiger charge is 2.11. The van der Waals surface area contributed by atoms with E-state index in [2.05, 4.69) is 10.3 Å². The lowest BCUT2D eigenvalue weighted by molar-refractivity contribution is -0.137. The van der Waals surface area contributed by atoms with Crippen molar-refractivity contribution in [3.05, 3.63) is 11.4 Å². The van der Waals surface area contributed by atoms with Gasteiger partial charge in [0.15, 0.2) is 0 Å². The first-order valence-corrected chi connectivity index (χ1v) is 4.39. The van der Waals surface area contributed by atoms with Crippen molar-refractivity contribution < 1.29 is 14.7 Å². The van der Waals surface area contributed by atoms with Gasteiger partial charge in [-0.25, -0.2) is 4.68 Å². The highest BCUT2D eigenvalue weighted by Crippen LogP contribution is 2.06. The fourth-order valence-corrected chi connectivity index (χ4v) is 1.15. The largest absolute Gasteiger partial charge is 0.481 e. The Bertz CT molecular complexity index is 385. The van der Waals surface area contributed by atoms with E-state index in [1.807, 2.05) is 0 Å². The molecule has 0 unspecified atom stereocenters. The first-order valence-electron chi connectivity index (χ1n) is 4.39. The van der Waals surface area contributed by atoms with Crippen molar-refractivity contribution in [2.45, 2.75) is 26.3 Å². The third kappa shape index (κ3) is 3.04. The molecule has 1 heterocycles. The summed E-state index contributed by atoms with van der Waals surface area (Å²) in [6, 6.07) is 0. The summed E-state index contributed by atoms with van der Waals surface area (Å²) >= 11 is 0. The molecule has 0 saturated carbocycles. The second-order valence-electron chi connectivity index (χ2n) is 3.14. The molecule has 3 N–H and O–H groups in total. The van der Waals surface area contributed by atoms with Crippen LogP contribution >= 0.6 is 0 Å². The van der Waals surface area contributed by atoms with E-state index < -0.39 is 11.9 Å². The van der Waals surface area contributed by atoms with Gasteiger partial charge in [-0.15, -0.1) is 5.10 Å². The number of carbonyl (C=O) groups excluding carboxylic acids is 1. The molecule has 0 aromatic carbocycles. The van der Waals surface area contributed by atoms with E-state index in [1.165, 1.54) is 4.68 Å². The summed E-state index contributed by atoms with van der Waals surface area (Å²) in [6.07, 6.45) is 0.302. The zero-order valence-corrected chi connectivity index (χ0v) is 8.30. The van der Waals surface area contributed by atoms with Gasteiger partial charge in [0, 0.05) is 6.42 Å². The Hall–Kier alpha value is -1.92. The number of carbonyl (C=O) groups is 2. The fourth-order valence-electron chi connectivity index (χ4n) is 1.15. The number of hydrogen-bond donors (Lipinski definition) is 2. The van der Waals surface area contributed by atoms with Crippen LogP contribution in [0, 0.1) is 6.92 Å². The molecule has 1 aromatic heterocycles. The SMILES string of the molecule is Cc1c(CCC(=O)O)nnn1CC(N)=O. The summed E-state index contributed by atoms with van der Waals surface area (Å²) < 4.78 is 1.36. The van der Waals surface area contributed by atoms with Crippen LogP contribution in [0.1, 0.15) is 17.8 Å². The van der Waals surface area contributed by atoms with E-state index >= 15 is 0 Å². The smallest absolute Gasteiger partial charge is 0.303 e. The molecule has 0 bridgehead atoms. The molecule has 0 aliphatic carbocycles. The second-order valence-corrected chi connectivity index (χ2v) is 3.14. The highest BCUT2D eigenvalue weighted by molar-refractivity contribution is 5.73. The maximum atomic E-state index is 10.6. The summed E-state index contributed by atoms with van der Waals surface area (Å²) in [4.78, 5) is 21.0. The Morgan fingerprint density at radius 2 is 2.20 bits per heavy atom. The molecule has 0 aliphatic heterocycles. The number of amides is 1. The monoisotopic (exact) mass is 212 g/mol. The zero-order valence-electron chi connectivity index (χ0n) is 8.30. The van der Waals surface area contributed by atoms with Crippen LogP contribution in [-0.4, -0.2) is 32.0 Å². The number of carboxylic acid groups (broad SMARTS) is 1. The van der Waals surface area contributed by atoms with Gasteiger partial charge in [0.25, 0.3) is 0 Å². The van der Waals surface area contributed by atoms with E-state index in [9.17, 15) is 9.59 Å². The van der Waals surface area contributed by atoms with Crippen molar-refractivity contribution >= 4 is 11.9 Å². The number of nitrogens with zero attached hydrogens (tertiary/aromatic N) is 3. The number of aliphatic carboxylic acids is 1. The number of hydrogen-bond acceptors (Lipinski definition) is 4. The lowest BCUT2D eigenvalue weighted by Gasteiger charge is -1.99. The van der Waals surface area contributed by atoms with Crippen LogP contribution in [0.4, 0.5) is 0 Å². The predicted octanol–water partition coefficient (Wildman–Crippen LogP) is -0.911. The van der Waals surface area contributed by atoms with Crippen LogP contribution in [0.5, 0.6) is 0 Å². The van der Waals surface area contributed by atoms with Gasteiger partial charge in [-0.3, -0.25) is 9.59 Å². The van der Waals surface area contributed by atoms with Crippen LogP contribution in [0.3, 0.4) is 0 Å². The molecule has 7 nitrogen and oxygen atoms in total. The molecule has 0 spiro atoms. The van der Waals surface area contributed by atoms with E-state index in [1.54, 1.807) is 6.92 Å². The van der Waals surface area contributed by atoms with Crippen LogP contribution in [0.15, 0.2) is 0 Å². The highest BCUT2D eigenvalue weighted by atomic mass is 16.4. The van der Waals surface area contributed by atoms with Gasteiger partial charge >= 0.3 is 5.97 Å². The van der Waals surface area contributed by atoms with Crippen molar-refractivity contribution in [2.75, 3.05) is 0 Å². The molecule has 82 valence electrons. The molecule has 0 fully saturated rings. The van der Waals surface area contributed by atoms with Crippen molar-refractivity contribution in [1.82, 2.24) is 15.0 Å². The number of nitrogens with two attached hydrogens (primary N) is 1. The molecule has 0 saturated heterocycles. The van der Waals surface area contributed by atoms with Crippen molar-refractivity contribution in [3.8, 4) is 0 Å². The minimum absolute atomic E-state index is 0.00386. The summed E-state index contributed by atoms with van der Waals surface area (Å²) in [6.45, 7) is 1.69. The van der Waals surface area contributed by atoms with E-state index in [-0.39, 0.29) is 13.0 Å². The van der Waals surface area contributed by atoms with E-state index in [4.69, 9.17) is 10.8 Å². The first kappa shape index (κ1) is 11.2. The Labute approximate surface area is 85.9 Å². The molecule has 1 amide bonds. The maximum Gasteiger partial charge on any atom is 0.303 e. The molecule has 0 atom stereocenters. The molecule has 1 rings (SSSR count). The number of aryl methyl sites for hydroxylation is 1. The quantitative estimate of drug-likeness (QED) is 0.656. The van der Waals surface area contributed by atoms with Crippen molar-refractivity contribution in [1.29, 1.82) is 0 Å². The Morgan fingerprint density at radius 1 is 1.53 bits per heavy atom. The summed E-state index contributed by atoms with van der Waals surface area (Å²) in [5.74, 6) is -1.40. The van der Waals surface area contributed by atoms with Gasteiger partial charge in [-0.1, -0.05) is 5.21 Å². The number of carboxylic acids is 1. The average Bonchev–Trinajstić information content (AvgIpc) is 2.44. The normalized spacial score (nSPS) is 10.2. The Kier molecular flexibility index (Phi) is 3.37. The number of rotatable bonds is 5. The molecule has 15 heavy (non-hydrogen) atoms. The Morgan fingerprint density at radius 3 is 2.73 bits per heavy atom. The molecule has 0 radical (unpaired) electrons. The third-order valence-corrected chi connectivity index (χ3v) is 1.96. The lowest BCUT2D eigenvalue weighted by atomic mass is 10.2. The Balaban J connectivity index is 2.70. The summed E-state index contributed by atoms with van der Waals surface area (Å²) in [7, 11) is 0. The van der Waals surface area contributed by atoms with Crippen LogP contribution in [0.25, 0.3) is 0 Å². The van der Waals surface area contributed by atoms with Gasteiger partial charge < -0.3 is 10.8 Å². The molecule has 7 heteroatoms. The molecular formula is C8H12N4O3. The second kappa shape index (κ2) is 4.54. The van der Waals surface area contributed by atoms with E-state index in [0.717, 1.165) is 0 Å². The minimum Gasteiger partial charge on any atom is -0.481 e. The summed E-state index contributed by atoms with van der Waals surface area (Å²) in [5, 5.41) is 16.0. The minimum atomic E-state index is -0.890. The van der Waals surface area contributed by atoms with Gasteiger partial charge in [-0.05, 0) is 6.92 Å². The van der Waals surface area contributed by atoms with Crippen LogP contribution < -0.4 is 5.73 Å².